The minimum atomic E-state index is -4.81. The van der Waals surface area contributed by atoms with Crippen molar-refractivity contribution in [2.45, 2.75) is 17.2 Å². The highest BCUT2D eigenvalue weighted by Gasteiger charge is 2.38. The maximum Gasteiger partial charge on any atom is 0.471 e. The van der Waals surface area contributed by atoms with Crippen LogP contribution in [0.25, 0.3) is 11.4 Å². The number of alkyl halides is 6. The largest absolute Gasteiger partial charge is 0.471 e. The van der Waals surface area contributed by atoms with Crippen LogP contribution in [0.5, 0.6) is 0 Å². The highest BCUT2D eigenvalue weighted by atomic mass is 32.2. The van der Waals surface area contributed by atoms with Gasteiger partial charge in [-0.25, -0.2) is 8.42 Å². The van der Waals surface area contributed by atoms with E-state index in [9.17, 15) is 34.8 Å². The number of rotatable bonds is 4. The third-order valence-corrected chi connectivity index (χ3v) is 4.70. The van der Waals surface area contributed by atoms with E-state index in [1.807, 2.05) is 9.71 Å². The number of anilines is 1. The zero-order valence-corrected chi connectivity index (χ0v) is 14.1. The van der Waals surface area contributed by atoms with Gasteiger partial charge >= 0.3 is 18.2 Å². The van der Waals surface area contributed by atoms with Gasteiger partial charge in [0.05, 0.1) is 0 Å². The van der Waals surface area contributed by atoms with Crippen LogP contribution in [-0.2, 0) is 22.4 Å². The molecule has 28 heavy (non-hydrogen) atoms. The third-order valence-electron chi connectivity index (χ3n) is 3.34. The van der Waals surface area contributed by atoms with E-state index in [0.29, 0.717) is 12.3 Å². The molecule has 0 amide bonds. The molecule has 14 heteroatoms. The first kappa shape index (κ1) is 19.7. The van der Waals surface area contributed by atoms with E-state index in [0.717, 1.165) is 0 Å². The van der Waals surface area contributed by atoms with Gasteiger partial charge < -0.3 is 9.51 Å². The molecule has 0 bridgehead atoms. The Labute approximate surface area is 152 Å². The monoisotopic (exact) mass is 426 g/mol. The first-order chi connectivity index (χ1) is 12.9. The second kappa shape index (κ2) is 6.54. The van der Waals surface area contributed by atoms with Gasteiger partial charge in [0.2, 0.25) is 5.82 Å². The van der Waals surface area contributed by atoms with Gasteiger partial charge in [-0.15, -0.1) is 0 Å². The van der Waals surface area contributed by atoms with Gasteiger partial charge in [-0.05, 0) is 30.3 Å². The molecule has 2 aromatic heterocycles. The second-order valence-corrected chi connectivity index (χ2v) is 7.03. The van der Waals surface area contributed by atoms with Crippen LogP contribution in [0.15, 0.2) is 45.9 Å². The smallest absolute Gasteiger partial charge is 0.356 e. The Morgan fingerprint density at radius 1 is 1.00 bits per heavy atom. The van der Waals surface area contributed by atoms with Gasteiger partial charge in [0.25, 0.3) is 10.0 Å². The van der Waals surface area contributed by atoms with Crippen molar-refractivity contribution in [3.8, 4) is 11.4 Å². The molecule has 0 aliphatic carbocycles. The summed E-state index contributed by atoms with van der Waals surface area (Å²) in [4.78, 5) is 4.36. The topological polar surface area (TPSA) is 101 Å². The van der Waals surface area contributed by atoms with Crippen LogP contribution in [0, 0.1) is 0 Å². The molecular formula is C14H8F6N4O3S. The quantitative estimate of drug-likeness (QED) is 0.617. The maximum absolute atomic E-state index is 12.6. The molecule has 0 atom stereocenters. The minimum Gasteiger partial charge on any atom is -0.356 e. The van der Waals surface area contributed by atoms with Crippen molar-refractivity contribution in [3.63, 3.8) is 0 Å². The molecule has 0 aliphatic heterocycles. The lowest BCUT2D eigenvalue weighted by Gasteiger charge is -2.07. The fraction of sp³-hybridized carbons (Fsp3) is 0.143. The van der Waals surface area contributed by atoms with E-state index in [1.165, 1.54) is 24.3 Å². The first-order valence-corrected chi connectivity index (χ1v) is 8.64. The summed E-state index contributed by atoms with van der Waals surface area (Å²) in [5.74, 6) is -1.91. The predicted molar refractivity (Wildman–Crippen MR) is 81.3 cm³/mol. The van der Waals surface area contributed by atoms with Crippen LogP contribution in [0.3, 0.4) is 0 Å². The van der Waals surface area contributed by atoms with Crippen molar-refractivity contribution < 1.29 is 39.3 Å². The standard InChI is InChI=1S/C14H8F6N4O3S/c15-13(16,17)10-5-9(6-21-10)28(25,26)24-8-3-1-7(2-4-8)11-22-12(27-23-11)14(18,19)20/h1-6,21,24H. The third kappa shape index (κ3) is 4.11. The van der Waals surface area contributed by atoms with E-state index >= 15 is 0 Å². The van der Waals surface area contributed by atoms with Crippen molar-refractivity contribution in [1.29, 1.82) is 0 Å². The molecule has 1 aromatic carbocycles. The summed E-state index contributed by atoms with van der Waals surface area (Å²) < 4.78 is 105. The molecule has 7 nitrogen and oxygen atoms in total. The molecule has 0 fully saturated rings. The number of nitrogens with one attached hydrogen (secondary N) is 2. The van der Waals surface area contributed by atoms with Crippen molar-refractivity contribution >= 4 is 15.7 Å². The average Bonchev–Trinajstić information content (AvgIpc) is 3.24. The number of halogens is 6. The molecular weight excluding hydrogens is 418 g/mol. The van der Waals surface area contributed by atoms with Gasteiger partial charge in [0.15, 0.2) is 0 Å². The number of aromatic nitrogens is 3. The van der Waals surface area contributed by atoms with Gasteiger partial charge in [0.1, 0.15) is 10.6 Å². The number of hydrogen-bond acceptors (Lipinski definition) is 5. The molecule has 0 radical (unpaired) electrons. The first-order valence-electron chi connectivity index (χ1n) is 7.16. The van der Waals surface area contributed by atoms with Gasteiger partial charge in [-0.3, -0.25) is 4.72 Å². The summed E-state index contributed by atoms with van der Waals surface area (Å²) in [5, 5.41) is 3.18. The summed E-state index contributed by atoms with van der Waals surface area (Å²) in [6.45, 7) is 0. The summed E-state index contributed by atoms with van der Waals surface area (Å²) in [5.41, 5.74) is -1.18. The Kier molecular flexibility index (Phi) is 4.61. The normalized spacial score (nSPS) is 12.9. The lowest BCUT2D eigenvalue weighted by Crippen LogP contribution is -2.12. The van der Waals surface area contributed by atoms with Crippen molar-refractivity contribution in [2.75, 3.05) is 4.72 Å². The number of nitrogens with zero attached hydrogens (tertiary/aromatic N) is 2. The molecule has 3 aromatic rings. The number of hydrogen-bond donors (Lipinski definition) is 2. The summed E-state index contributed by atoms with van der Waals surface area (Å²) in [6.07, 6.45) is -8.88. The lowest BCUT2D eigenvalue weighted by atomic mass is 10.2. The molecule has 150 valence electrons. The van der Waals surface area contributed by atoms with Gasteiger partial charge in [0, 0.05) is 17.4 Å². The van der Waals surface area contributed by atoms with E-state index in [-0.39, 0.29) is 17.1 Å². The molecule has 2 N–H and O–H groups in total. The van der Waals surface area contributed by atoms with Crippen LogP contribution in [0.1, 0.15) is 11.6 Å². The predicted octanol–water partition coefficient (Wildman–Crippen LogP) is 3.90. The van der Waals surface area contributed by atoms with Crippen molar-refractivity contribution in [1.82, 2.24) is 15.1 Å². The molecule has 3 rings (SSSR count). The SMILES string of the molecule is O=S(=O)(Nc1ccc(-c2noc(C(F)(F)F)n2)cc1)c1c[nH]c(C(F)(F)F)c1. The highest BCUT2D eigenvalue weighted by molar-refractivity contribution is 7.92. The van der Waals surface area contributed by atoms with Crippen LogP contribution in [0.4, 0.5) is 32.0 Å². The van der Waals surface area contributed by atoms with Crippen molar-refractivity contribution in [3.05, 3.63) is 48.1 Å². The zero-order valence-electron chi connectivity index (χ0n) is 13.3. The molecule has 0 aliphatic rings. The Balaban J connectivity index is 1.78. The molecule has 0 spiro atoms. The molecule has 0 saturated heterocycles. The van der Waals surface area contributed by atoms with Crippen LogP contribution >= 0.6 is 0 Å². The van der Waals surface area contributed by atoms with E-state index in [1.54, 1.807) is 0 Å². The van der Waals surface area contributed by atoms with Crippen LogP contribution in [-0.4, -0.2) is 23.5 Å². The van der Waals surface area contributed by atoms with Crippen molar-refractivity contribution in [2.24, 2.45) is 0 Å². The van der Waals surface area contributed by atoms with Gasteiger partial charge in [-0.2, -0.15) is 31.3 Å². The van der Waals surface area contributed by atoms with E-state index < -0.39 is 38.9 Å². The summed E-state index contributed by atoms with van der Waals surface area (Å²) in [6, 6.07) is 5.19. The minimum absolute atomic E-state index is 0.0435. The number of sulfonamides is 1. The fourth-order valence-corrected chi connectivity index (χ4v) is 3.10. The van der Waals surface area contributed by atoms with Crippen LogP contribution in [0.2, 0.25) is 0 Å². The van der Waals surface area contributed by atoms with Gasteiger partial charge in [-0.1, -0.05) is 5.16 Å². The number of benzene rings is 1. The Bertz CT molecular complexity index is 1080. The Morgan fingerprint density at radius 3 is 2.14 bits per heavy atom. The molecule has 0 saturated carbocycles. The Hall–Kier alpha value is -3.03. The van der Waals surface area contributed by atoms with Crippen LogP contribution < -0.4 is 4.72 Å². The summed E-state index contributed by atoms with van der Waals surface area (Å²) in [7, 11) is -4.33. The highest BCUT2D eigenvalue weighted by Crippen LogP contribution is 2.31. The number of H-pyrrole nitrogens is 1. The fourth-order valence-electron chi connectivity index (χ4n) is 2.05. The Morgan fingerprint density at radius 2 is 1.64 bits per heavy atom. The molecule has 2 heterocycles. The lowest BCUT2D eigenvalue weighted by molar-refractivity contribution is -0.159. The average molecular weight is 426 g/mol. The summed E-state index contributed by atoms with van der Waals surface area (Å²) >= 11 is 0. The molecule has 0 unspecified atom stereocenters. The van der Waals surface area contributed by atoms with E-state index in [4.69, 9.17) is 0 Å². The second-order valence-electron chi connectivity index (χ2n) is 5.35. The maximum atomic E-state index is 12.6. The zero-order chi connectivity index (χ0) is 20.7. The van der Waals surface area contributed by atoms with E-state index in [2.05, 4.69) is 14.7 Å². The number of aromatic amines is 1.